The van der Waals surface area contributed by atoms with Crippen LogP contribution in [0.4, 0.5) is 20.2 Å². The number of nitrogens with two attached hydrogens (primary N) is 2. The fourth-order valence-electron chi connectivity index (χ4n) is 10.4. The van der Waals surface area contributed by atoms with Crippen LogP contribution in [-0.2, 0) is 22.7 Å². The van der Waals surface area contributed by atoms with Gasteiger partial charge < -0.3 is 71.5 Å². The zero-order chi connectivity index (χ0) is 62.5. The van der Waals surface area contributed by atoms with E-state index >= 15 is 0 Å². The van der Waals surface area contributed by atoms with Gasteiger partial charge in [0, 0.05) is 84.8 Å². The molecule has 87 heavy (non-hydrogen) atoms. The Kier molecular flexibility index (Phi) is 28.2. The van der Waals surface area contributed by atoms with E-state index in [-0.39, 0.29) is 100 Å². The molecular weight excluding hydrogens is 1140 g/mol. The molecule has 2 aromatic heterocycles. The number of aliphatic hydroxyl groups excluding tert-OH is 4. The minimum absolute atomic E-state index is 0. The van der Waals surface area contributed by atoms with Crippen LogP contribution in [0.5, 0.6) is 0 Å². The van der Waals surface area contributed by atoms with Crippen LogP contribution in [0.15, 0.2) is 170 Å². The molecule has 0 saturated heterocycles. The summed E-state index contributed by atoms with van der Waals surface area (Å²) in [5.41, 5.74) is 19.2. The zero-order valence-corrected chi connectivity index (χ0v) is 51.7. The second kappa shape index (κ2) is 34.8. The molecule has 0 aliphatic carbocycles. The van der Waals surface area contributed by atoms with Crippen LogP contribution in [0.25, 0.3) is 44.8 Å². The predicted molar refractivity (Wildman–Crippen MR) is 333 cm³/mol. The number of hydrogen-bond acceptors (Lipinski definition) is 12. The van der Waals surface area contributed by atoms with Crippen LogP contribution >= 0.6 is 0 Å². The Morgan fingerprint density at radius 2 is 0.759 bits per heavy atom. The number of para-hydroxylation sites is 2. The molecule has 0 unspecified atom stereocenters. The number of carboxylic acids is 2. The molecule has 454 valence electrons. The number of halogens is 2. The first-order valence-corrected chi connectivity index (χ1v) is 28.6. The minimum atomic E-state index is -1.39. The standard InChI is InChI=1S/2C33H35FN2O5.C2H8N2.Ca/c2*1-21(2)31-30(33(41)35-25-11-7-4-8-12-25)29(22-9-5-3-6-10-22)32(23-13-15-24(34)16-14-23)36(31)18-17-26(37)19-27(38)20-28(39)40;3-1-2-4;/h2*3-16,21,26-27,37-38H,17-20H2,1-2H3,(H,35,41)(H,39,40);1-4H2;/q;;;+2/p-2/t2*26-,27-;;/m11../s1. The second-order valence-corrected chi connectivity index (χ2v) is 21.4. The topological polar surface area (TPSA) is 281 Å². The van der Waals surface area contributed by atoms with Gasteiger partial charge in [-0.25, -0.2) is 8.78 Å². The third-order valence-electron chi connectivity index (χ3n) is 14.0. The number of nitrogens with one attached hydrogen (secondary N) is 2. The Hall–Kier alpha value is -7.36. The third-order valence-corrected chi connectivity index (χ3v) is 14.0. The number of hydrogen-bond donors (Lipinski definition) is 8. The Morgan fingerprint density at radius 3 is 1.03 bits per heavy atom. The number of nitrogens with zero attached hydrogens (tertiary/aromatic N) is 2. The van der Waals surface area contributed by atoms with Gasteiger partial charge in [-0.3, -0.25) is 9.59 Å². The number of aliphatic hydroxyl groups is 4. The Balaban J connectivity index is 0.000000296. The third kappa shape index (κ3) is 20.1. The molecule has 0 aliphatic heterocycles. The van der Waals surface area contributed by atoms with Crippen LogP contribution in [-0.4, -0.2) is 129 Å². The number of carbonyl (C=O) groups excluding carboxylic acids is 4. The van der Waals surface area contributed by atoms with Gasteiger partial charge in [0.1, 0.15) is 11.6 Å². The molecule has 6 aromatic carbocycles. The van der Waals surface area contributed by atoms with Gasteiger partial charge >= 0.3 is 37.7 Å². The van der Waals surface area contributed by atoms with Crippen molar-refractivity contribution in [1.82, 2.24) is 9.13 Å². The van der Waals surface area contributed by atoms with Crippen molar-refractivity contribution in [2.75, 3.05) is 23.7 Å². The molecule has 0 saturated carbocycles. The molecule has 16 nitrogen and oxygen atoms in total. The number of aromatic nitrogens is 2. The molecule has 10 N–H and O–H groups in total. The molecule has 2 heterocycles. The van der Waals surface area contributed by atoms with Gasteiger partial charge in [-0.1, -0.05) is 125 Å². The summed E-state index contributed by atoms with van der Waals surface area (Å²) < 4.78 is 32.0. The monoisotopic (exact) mass is 1210 g/mol. The van der Waals surface area contributed by atoms with Crippen LogP contribution in [0.3, 0.4) is 0 Å². The number of rotatable bonds is 25. The molecule has 19 heteroatoms. The maximum absolute atomic E-state index is 14.0. The van der Waals surface area contributed by atoms with Crippen molar-refractivity contribution in [3.8, 4) is 44.8 Å². The average Bonchev–Trinajstić information content (AvgIpc) is 1.62. The van der Waals surface area contributed by atoms with Crippen molar-refractivity contribution < 1.29 is 58.6 Å². The summed E-state index contributed by atoms with van der Waals surface area (Å²) in [6.45, 7) is 9.64. The molecular formula is C68H76CaF2N6O10. The van der Waals surface area contributed by atoms with E-state index in [1.54, 1.807) is 48.5 Å². The van der Waals surface area contributed by atoms with E-state index in [0.717, 1.165) is 22.5 Å². The summed E-state index contributed by atoms with van der Waals surface area (Å²) in [6, 6.07) is 49.4. The number of benzene rings is 6. The Morgan fingerprint density at radius 1 is 0.460 bits per heavy atom. The Labute approximate surface area is 536 Å². The molecule has 2 amide bonds. The van der Waals surface area contributed by atoms with Gasteiger partial charge in [-0.15, -0.1) is 0 Å². The number of amides is 2. The molecule has 0 fully saturated rings. The fraction of sp³-hybridized carbons (Fsp3) is 0.294. The van der Waals surface area contributed by atoms with Crippen molar-refractivity contribution in [2.24, 2.45) is 11.5 Å². The molecule has 0 bridgehead atoms. The zero-order valence-electron chi connectivity index (χ0n) is 49.5. The van der Waals surface area contributed by atoms with Crippen molar-refractivity contribution in [2.45, 2.75) is 116 Å². The van der Waals surface area contributed by atoms with Gasteiger partial charge in [0.2, 0.25) is 0 Å². The largest absolute Gasteiger partial charge is 2.00 e. The summed E-state index contributed by atoms with van der Waals surface area (Å²) in [7, 11) is 0. The van der Waals surface area contributed by atoms with E-state index < -0.39 is 60.8 Å². The van der Waals surface area contributed by atoms with Crippen molar-refractivity contribution in [1.29, 1.82) is 0 Å². The predicted octanol–water partition coefficient (Wildman–Crippen LogP) is 8.48. The van der Waals surface area contributed by atoms with E-state index in [9.17, 15) is 58.6 Å². The number of carboxylic acid groups (broad SMARTS) is 2. The van der Waals surface area contributed by atoms with E-state index in [2.05, 4.69) is 10.6 Å². The Bertz CT molecular complexity index is 3210. The van der Waals surface area contributed by atoms with Crippen molar-refractivity contribution in [3.05, 3.63) is 204 Å². The summed E-state index contributed by atoms with van der Waals surface area (Å²) in [4.78, 5) is 49.8. The van der Waals surface area contributed by atoms with Gasteiger partial charge in [0.25, 0.3) is 11.8 Å². The van der Waals surface area contributed by atoms with Crippen LogP contribution < -0.4 is 32.3 Å². The van der Waals surface area contributed by atoms with Crippen LogP contribution in [0.1, 0.15) is 110 Å². The van der Waals surface area contributed by atoms with Crippen molar-refractivity contribution in [3.63, 3.8) is 0 Å². The summed E-state index contributed by atoms with van der Waals surface area (Å²) in [5, 5.41) is 69.2. The number of anilines is 2. The van der Waals surface area contributed by atoms with Crippen LogP contribution in [0, 0.1) is 11.6 Å². The molecule has 8 rings (SSSR count). The summed E-state index contributed by atoms with van der Waals surface area (Å²) in [6.07, 6.45) is -5.54. The average molecular weight is 1220 g/mol. The summed E-state index contributed by atoms with van der Waals surface area (Å²) in [5.74, 6) is -4.41. The smallest absolute Gasteiger partial charge is 0.550 e. The van der Waals surface area contributed by atoms with E-state index in [4.69, 9.17) is 11.5 Å². The number of carbonyl (C=O) groups is 4. The minimum Gasteiger partial charge on any atom is -0.550 e. The van der Waals surface area contributed by atoms with Gasteiger partial charge in [-0.05, 0) is 133 Å². The normalized spacial score (nSPS) is 12.3. The molecule has 8 aromatic rings. The first-order chi connectivity index (χ1) is 41.2. The van der Waals surface area contributed by atoms with E-state index in [1.165, 1.54) is 24.3 Å². The SMILES string of the molecule is CC(C)c1c(C(=O)Nc2ccccc2)c(-c2ccccc2)c(-c2ccc(F)cc2)n1CC[C@@H](O)C[C@@H](O)CC(=O)[O-].CC(C)c1c(C(=O)Nc2ccccc2)c(-c2ccccc2)c(-c2ccc(F)cc2)n1CC[C@@H](O)C[C@@H](O)CC(=O)[O-].NCCN.[Ca+2]. The molecule has 0 radical (unpaired) electrons. The number of aliphatic carboxylic acids is 2. The summed E-state index contributed by atoms with van der Waals surface area (Å²) >= 11 is 0. The molecule has 0 spiro atoms. The fourth-order valence-corrected chi connectivity index (χ4v) is 10.4. The maximum atomic E-state index is 14.0. The van der Waals surface area contributed by atoms with Crippen molar-refractivity contribution >= 4 is 72.9 Å². The van der Waals surface area contributed by atoms with E-state index in [1.807, 2.05) is 134 Å². The quantitative estimate of drug-likeness (QED) is 0.0250. The van der Waals surface area contributed by atoms with E-state index in [0.29, 0.717) is 69.2 Å². The van der Waals surface area contributed by atoms with Gasteiger partial charge in [-0.2, -0.15) is 0 Å². The van der Waals surface area contributed by atoms with Crippen LogP contribution in [0.2, 0.25) is 0 Å². The van der Waals surface area contributed by atoms with Gasteiger partial charge in [0.05, 0.1) is 46.9 Å². The second-order valence-electron chi connectivity index (χ2n) is 21.4. The first-order valence-electron chi connectivity index (χ1n) is 28.6. The van der Waals surface area contributed by atoms with Gasteiger partial charge in [0.15, 0.2) is 0 Å². The molecule has 0 aliphatic rings. The molecule has 4 atom stereocenters. The first kappa shape index (κ1) is 70.4. The maximum Gasteiger partial charge on any atom is 2.00 e.